The van der Waals surface area contributed by atoms with Gasteiger partial charge >= 0.3 is 6.09 Å². The number of nitrogens with one attached hydrogen (secondary N) is 2. The molecule has 7 heteroatoms. The summed E-state index contributed by atoms with van der Waals surface area (Å²) in [6, 6.07) is 0.147. The lowest BCUT2D eigenvalue weighted by Crippen LogP contribution is -2.59. The highest BCUT2D eigenvalue weighted by molar-refractivity contribution is 5.93. The second kappa shape index (κ2) is 11.6. The molecule has 2 atom stereocenters. The molecule has 0 fully saturated rings. The summed E-state index contributed by atoms with van der Waals surface area (Å²) in [6.45, 7) is 12.4. The van der Waals surface area contributed by atoms with Crippen LogP contribution in [-0.4, -0.2) is 66.4 Å². The van der Waals surface area contributed by atoms with Gasteiger partial charge in [-0.3, -0.25) is 14.9 Å². The number of ether oxygens (including phenoxy) is 1. The summed E-state index contributed by atoms with van der Waals surface area (Å²) in [5, 5.41) is 6.67. The second-order valence-corrected chi connectivity index (χ2v) is 9.37. The molecule has 0 aromatic heterocycles. The van der Waals surface area contributed by atoms with Crippen molar-refractivity contribution in [2.24, 2.45) is 5.92 Å². The molecule has 0 saturated carbocycles. The van der Waals surface area contributed by atoms with E-state index in [1.54, 1.807) is 7.05 Å². The van der Waals surface area contributed by atoms with E-state index in [2.05, 4.69) is 10.6 Å². The SMILES string of the molecule is CC(C)N[C@]1(C)CC/C=C/COC(=O)N(C)CCC[C@@](C)(C(=O)C(C)C)NCC1=O. The highest BCUT2D eigenvalue weighted by atomic mass is 16.6. The van der Waals surface area contributed by atoms with E-state index in [1.807, 2.05) is 53.7 Å². The lowest BCUT2D eigenvalue weighted by molar-refractivity contribution is -0.129. The molecule has 1 rings (SSSR count). The summed E-state index contributed by atoms with van der Waals surface area (Å²) in [4.78, 5) is 39.8. The van der Waals surface area contributed by atoms with Gasteiger partial charge < -0.3 is 15.0 Å². The van der Waals surface area contributed by atoms with E-state index in [1.165, 1.54) is 4.90 Å². The number of Topliss-reactive ketones (excluding diaryl/α,β-unsaturated/α-hetero) is 2. The molecule has 30 heavy (non-hydrogen) atoms. The van der Waals surface area contributed by atoms with Crippen molar-refractivity contribution >= 4 is 17.7 Å². The Hall–Kier alpha value is -1.73. The van der Waals surface area contributed by atoms with E-state index < -0.39 is 11.1 Å². The maximum atomic E-state index is 13.2. The number of carbonyl (C=O) groups excluding carboxylic acids is 3. The maximum Gasteiger partial charge on any atom is 0.409 e. The van der Waals surface area contributed by atoms with Crippen LogP contribution in [0.4, 0.5) is 4.79 Å². The highest BCUT2D eigenvalue weighted by Crippen LogP contribution is 2.21. The maximum absolute atomic E-state index is 13.2. The molecule has 0 radical (unpaired) electrons. The van der Waals surface area contributed by atoms with Crippen molar-refractivity contribution in [2.45, 2.75) is 84.3 Å². The number of nitrogens with zero attached hydrogens (tertiary/aromatic N) is 1. The predicted molar refractivity (Wildman–Crippen MR) is 120 cm³/mol. The molecule has 0 saturated heterocycles. The molecule has 172 valence electrons. The van der Waals surface area contributed by atoms with Crippen LogP contribution in [0.1, 0.15) is 67.2 Å². The fraction of sp³-hybridized carbons (Fsp3) is 0.783. The second-order valence-electron chi connectivity index (χ2n) is 9.37. The van der Waals surface area contributed by atoms with Gasteiger partial charge in [-0.25, -0.2) is 4.79 Å². The van der Waals surface area contributed by atoms with Gasteiger partial charge in [-0.15, -0.1) is 0 Å². The molecule has 0 spiro atoms. The zero-order valence-corrected chi connectivity index (χ0v) is 19.8. The Balaban J connectivity index is 3.11. The summed E-state index contributed by atoms with van der Waals surface area (Å²) in [6.07, 6.45) is 5.82. The Morgan fingerprint density at radius 3 is 2.43 bits per heavy atom. The van der Waals surface area contributed by atoms with Crippen molar-refractivity contribution in [3.8, 4) is 0 Å². The van der Waals surface area contributed by atoms with Gasteiger partial charge in [0.2, 0.25) is 0 Å². The van der Waals surface area contributed by atoms with Crippen LogP contribution in [0, 0.1) is 5.92 Å². The summed E-state index contributed by atoms with van der Waals surface area (Å²) in [5.41, 5.74) is -1.54. The van der Waals surface area contributed by atoms with Crippen LogP contribution in [0.2, 0.25) is 0 Å². The number of rotatable bonds is 4. The van der Waals surface area contributed by atoms with Gasteiger partial charge in [0.25, 0.3) is 0 Å². The molecule has 0 bridgehead atoms. The number of hydrogen-bond donors (Lipinski definition) is 2. The Kier molecular flexibility index (Phi) is 10.2. The number of amides is 1. The molecular weight excluding hydrogens is 382 g/mol. The van der Waals surface area contributed by atoms with Crippen LogP contribution < -0.4 is 10.6 Å². The van der Waals surface area contributed by atoms with Gasteiger partial charge in [-0.2, -0.15) is 0 Å². The van der Waals surface area contributed by atoms with Crippen molar-refractivity contribution in [2.75, 3.05) is 26.7 Å². The molecule has 1 heterocycles. The quantitative estimate of drug-likeness (QED) is 0.676. The zero-order valence-electron chi connectivity index (χ0n) is 19.8. The molecule has 1 amide bonds. The molecule has 7 nitrogen and oxygen atoms in total. The van der Waals surface area contributed by atoms with Crippen molar-refractivity contribution < 1.29 is 19.1 Å². The van der Waals surface area contributed by atoms with Gasteiger partial charge in [-0.05, 0) is 53.4 Å². The molecule has 1 aliphatic rings. The first-order chi connectivity index (χ1) is 13.9. The zero-order chi connectivity index (χ0) is 22.9. The summed E-state index contributed by atoms with van der Waals surface area (Å²) in [5.74, 6) is -0.0395. The number of hydrogen-bond acceptors (Lipinski definition) is 6. The van der Waals surface area contributed by atoms with Crippen LogP contribution in [0.15, 0.2) is 12.2 Å². The van der Waals surface area contributed by atoms with Crippen molar-refractivity contribution in [3.63, 3.8) is 0 Å². The summed E-state index contributed by atoms with van der Waals surface area (Å²) < 4.78 is 5.27. The van der Waals surface area contributed by atoms with E-state index in [0.717, 1.165) is 0 Å². The van der Waals surface area contributed by atoms with Gasteiger partial charge in [0.05, 0.1) is 17.6 Å². The largest absolute Gasteiger partial charge is 0.445 e. The lowest BCUT2D eigenvalue weighted by atomic mass is 9.83. The van der Waals surface area contributed by atoms with Gasteiger partial charge in [-0.1, -0.05) is 26.0 Å². The monoisotopic (exact) mass is 423 g/mol. The fourth-order valence-electron chi connectivity index (χ4n) is 3.88. The third-order valence-corrected chi connectivity index (χ3v) is 5.69. The molecule has 0 aliphatic carbocycles. The number of ketones is 2. The van der Waals surface area contributed by atoms with Gasteiger partial charge in [0.1, 0.15) is 6.61 Å². The topological polar surface area (TPSA) is 87.7 Å². The van der Waals surface area contributed by atoms with Crippen LogP contribution in [-0.2, 0) is 14.3 Å². The highest BCUT2D eigenvalue weighted by Gasteiger charge is 2.38. The van der Waals surface area contributed by atoms with E-state index in [4.69, 9.17) is 4.74 Å². The Bertz CT molecular complexity index is 632. The van der Waals surface area contributed by atoms with Crippen LogP contribution in [0.5, 0.6) is 0 Å². The normalized spacial score (nSPS) is 29.2. The van der Waals surface area contributed by atoms with E-state index >= 15 is 0 Å². The lowest BCUT2D eigenvalue weighted by Gasteiger charge is -2.35. The molecular formula is C23H41N3O4. The number of carbonyl (C=O) groups is 3. The molecule has 2 N–H and O–H groups in total. The first-order valence-electron chi connectivity index (χ1n) is 11.0. The van der Waals surface area contributed by atoms with E-state index in [-0.39, 0.29) is 42.8 Å². The van der Waals surface area contributed by atoms with E-state index in [9.17, 15) is 14.4 Å². The minimum atomic E-state index is -0.829. The minimum Gasteiger partial charge on any atom is -0.445 e. The molecule has 0 unspecified atom stereocenters. The molecule has 1 aliphatic heterocycles. The van der Waals surface area contributed by atoms with Crippen LogP contribution >= 0.6 is 0 Å². The third kappa shape index (κ3) is 7.84. The Labute approximate surface area is 182 Å². The fourth-order valence-corrected chi connectivity index (χ4v) is 3.88. The van der Waals surface area contributed by atoms with Crippen molar-refractivity contribution in [1.29, 1.82) is 0 Å². The first kappa shape index (κ1) is 26.3. The smallest absolute Gasteiger partial charge is 0.409 e. The molecule has 0 aromatic rings. The predicted octanol–water partition coefficient (Wildman–Crippen LogP) is 3.08. The number of allylic oxidation sites excluding steroid dienone is 1. The van der Waals surface area contributed by atoms with Gasteiger partial charge in [0, 0.05) is 25.6 Å². The van der Waals surface area contributed by atoms with Crippen LogP contribution in [0.3, 0.4) is 0 Å². The van der Waals surface area contributed by atoms with Crippen molar-refractivity contribution in [3.05, 3.63) is 12.2 Å². The average Bonchev–Trinajstić information content (AvgIpc) is 2.66. The van der Waals surface area contributed by atoms with E-state index in [0.29, 0.717) is 32.2 Å². The van der Waals surface area contributed by atoms with Crippen molar-refractivity contribution in [1.82, 2.24) is 15.5 Å². The van der Waals surface area contributed by atoms with Gasteiger partial charge in [0.15, 0.2) is 11.6 Å². The molecule has 0 aromatic carbocycles. The minimum absolute atomic E-state index is 0.0445. The summed E-state index contributed by atoms with van der Waals surface area (Å²) in [7, 11) is 1.69. The Morgan fingerprint density at radius 1 is 1.17 bits per heavy atom. The van der Waals surface area contributed by atoms with Crippen LogP contribution in [0.25, 0.3) is 0 Å². The summed E-state index contributed by atoms with van der Waals surface area (Å²) >= 11 is 0. The average molecular weight is 424 g/mol. The number of cyclic esters (lactones) is 1. The third-order valence-electron chi connectivity index (χ3n) is 5.69. The first-order valence-corrected chi connectivity index (χ1v) is 11.0. The standard InChI is InChI=1S/C23H41N3O4/c1-17(2)20(28)23(6)13-11-14-26(7)21(29)30-15-10-8-9-12-22(5,25-18(3)4)19(27)16-24-23/h8,10,17-18,24-25H,9,11-16H2,1-7H3/b10-8+/t22-,23+/m1/s1. The Morgan fingerprint density at radius 2 is 1.83 bits per heavy atom.